The number of amides is 1. The zero-order valence-corrected chi connectivity index (χ0v) is 20.4. The predicted molar refractivity (Wildman–Crippen MR) is 137 cm³/mol. The first-order valence-corrected chi connectivity index (χ1v) is 13.3. The highest BCUT2D eigenvalue weighted by Gasteiger charge is 2.30. The Balaban J connectivity index is 1.35. The molecule has 3 saturated heterocycles. The molecule has 2 N–H and O–H groups in total. The fourth-order valence-electron chi connectivity index (χ4n) is 5.34. The minimum atomic E-state index is 0.00551. The summed E-state index contributed by atoms with van der Waals surface area (Å²) < 4.78 is 5.81. The smallest absolute Gasteiger partial charge is 0.251 e. The monoisotopic (exact) mass is 464 g/mol. The van der Waals surface area contributed by atoms with Crippen molar-refractivity contribution in [3.8, 4) is 17.2 Å². The Morgan fingerprint density at radius 3 is 2.03 bits per heavy atom. The van der Waals surface area contributed by atoms with Gasteiger partial charge in [-0.05, 0) is 86.8 Å². The summed E-state index contributed by atoms with van der Waals surface area (Å²) >= 11 is 0. The number of carbonyl (C=O) groups excluding carboxylic acids is 1. The third-order valence-corrected chi connectivity index (χ3v) is 7.39. The topological polar surface area (TPSA) is 61.8 Å². The zero-order valence-electron chi connectivity index (χ0n) is 20.4. The van der Waals surface area contributed by atoms with Gasteiger partial charge in [-0.25, -0.2) is 0 Å². The van der Waals surface area contributed by atoms with E-state index in [4.69, 9.17) is 4.74 Å². The van der Waals surface area contributed by atoms with Gasteiger partial charge >= 0.3 is 0 Å². The maximum Gasteiger partial charge on any atom is 0.251 e. The minimum absolute atomic E-state index is 0.00551. The first kappa shape index (κ1) is 24.6. The van der Waals surface area contributed by atoms with Gasteiger partial charge in [-0.15, -0.1) is 0 Å². The first-order chi connectivity index (χ1) is 16.7. The van der Waals surface area contributed by atoms with Gasteiger partial charge in [0.05, 0.1) is 0 Å². The molecular weight excluding hydrogens is 424 g/mol. The van der Waals surface area contributed by atoms with Crippen LogP contribution in [0.4, 0.5) is 0 Å². The molecule has 2 aromatic carbocycles. The van der Waals surface area contributed by atoms with Gasteiger partial charge in [0, 0.05) is 18.2 Å². The molecule has 2 bridgehead atoms. The number of benzene rings is 2. The van der Waals surface area contributed by atoms with Gasteiger partial charge in [0.1, 0.15) is 17.2 Å². The van der Waals surface area contributed by atoms with E-state index < -0.39 is 0 Å². The van der Waals surface area contributed by atoms with E-state index >= 15 is 0 Å². The number of hydrogen-bond donors (Lipinski definition) is 2. The Morgan fingerprint density at radius 2 is 1.35 bits per heavy atom. The van der Waals surface area contributed by atoms with Crippen molar-refractivity contribution in [2.75, 3.05) is 19.6 Å². The second-order valence-corrected chi connectivity index (χ2v) is 10.0. The number of piperidine rings is 1. The average molecular weight is 465 g/mol. The lowest BCUT2D eigenvalue weighted by Crippen LogP contribution is -2.52. The maximum atomic E-state index is 13.1. The Labute approximate surface area is 204 Å². The lowest BCUT2D eigenvalue weighted by molar-refractivity contribution is 0.0835. The van der Waals surface area contributed by atoms with Gasteiger partial charge in [0.25, 0.3) is 5.91 Å². The number of nitrogens with zero attached hydrogens (tertiary/aromatic N) is 1. The van der Waals surface area contributed by atoms with Crippen LogP contribution < -0.4 is 10.1 Å². The second kappa shape index (κ2) is 12.8. The average Bonchev–Trinajstić information content (AvgIpc) is 2.86. The van der Waals surface area contributed by atoms with E-state index in [0.29, 0.717) is 23.0 Å². The van der Waals surface area contributed by atoms with Crippen molar-refractivity contribution in [2.45, 2.75) is 76.7 Å². The van der Waals surface area contributed by atoms with Crippen LogP contribution in [0, 0.1) is 5.92 Å². The molecule has 3 unspecified atom stereocenters. The molecule has 5 heteroatoms. The van der Waals surface area contributed by atoms with Gasteiger partial charge in [0.15, 0.2) is 0 Å². The number of fused-ring (bicyclic) bond motifs is 12. The number of carbonyl (C=O) groups is 1. The standard InChI is InChI=1S/C29H40N2O3/c32-25-13-17-27(18-14-25)34-26-15-11-24(12-16-26)29(33)30-28-22-31-20-9-7-5-3-1-2-4-6-8-10-23(28)19-21-31/h11-18,23,28,32H,1-10,19-22H2,(H,30,33). The van der Waals surface area contributed by atoms with Gasteiger partial charge in [-0.1, -0.05) is 51.4 Å². The number of aromatic hydroxyl groups is 1. The lowest BCUT2D eigenvalue weighted by atomic mass is 9.86. The number of phenolic OH excluding ortho intramolecular Hbond substituents is 1. The van der Waals surface area contributed by atoms with Crippen LogP contribution in [0.25, 0.3) is 0 Å². The molecule has 2 aromatic rings. The first-order valence-electron chi connectivity index (χ1n) is 13.3. The molecule has 3 fully saturated rings. The van der Waals surface area contributed by atoms with Crippen molar-refractivity contribution in [2.24, 2.45) is 5.92 Å². The summed E-state index contributed by atoms with van der Waals surface area (Å²) in [5.41, 5.74) is 0.667. The molecule has 0 radical (unpaired) electrons. The van der Waals surface area contributed by atoms with Crippen LogP contribution >= 0.6 is 0 Å². The normalized spacial score (nSPS) is 24.5. The van der Waals surface area contributed by atoms with E-state index in [1.165, 1.54) is 77.2 Å². The summed E-state index contributed by atoms with van der Waals surface area (Å²) in [5.74, 6) is 2.10. The molecule has 3 atom stereocenters. The van der Waals surface area contributed by atoms with Crippen LogP contribution in [0.2, 0.25) is 0 Å². The number of hydrogen-bond acceptors (Lipinski definition) is 4. The van der Waals surface area contributed by atoms with Crippen molar-refractivity contribution >= 4 is 5.91 Å². The SMILES string of the molecule is O=C(NC1CN2CCCCCCCCCCCC1CC2)c1ccc(Oc2ccc(O)cc2)cc1. The van der Waals surface area contributed by atoms with Gasteiger partial charge in [-0.3, -0.25) is 4.79 Å². The van der Waals surface area contributed by atoms with E-state index in [9.17, 15) is 9.90 Å². The molecule has 1 amide bonds. The molecule has 5 rings (SSSR count). The van der Waals surface area contributed by atoms with Crippen molar-refractivity contribution in [3.63, 3.8) is 0 Å². The molecule has 0 saturated carbocycles. The highest BCUT2D eigenvalue weighted by atomic mass is 16.5. The number of phenols is 1. The van der Waals surface area contributed by atoms with E-state index in [-0.39, 0.29) is 17.7 Å². The maximum absolute atomic E-state index is 13.1. The number of rotatable bonds is 4. The largest absolute Gasteiger partial charge is 0.508 e. The van der Waals surface area contributed by atoms with Crippen LogP contribution in [-0.2, 0) is 0 Å². The number of nitrogens with one attached hydrogen (secondary N) is 1. The molecule has 3 heterocycles. The van der Waals surface area contributed by atoms with Gasteiger partial charge < -0.3 is 20.1 Å². The van der Waals surface area contributed by atoms with Crippen molar-refractivity contribution < 1.29 is 14.6 Å². The predicted octanol–water partition coefficient (Wildman–Crippen LogP) is 6.52. The van der Waals surface area contributed by atoms with Crippen molar-refractivity contribution in [1.29, 1.82) is 0 Å². The number of ether oxygens (including phenoxy) is 1. The Kier molecular flexibility index (Phi) is 9.26. The summed E-state index contributed by atoms with van der Waals surface area (Å²) in [6.45, 7) is 3.29. The van der Waals surface area contributed by atoms with E-state index in [0.717, 1.165) is 13.1 Å². The van der Waals surface area contributed by atoms with E-state index in [2.05, 4.69) is 10.2 Å². The highest BCUT2D eigenvalue weighted by molar-refractivity contribution is 5.94. The van der Waals surface area contributed by atoms with Crippen LogP contribution in [-0.4, -0.2) is 41.6 Å². The molecule has 184 valence electrons. The summed E-state index contributed by atoms with van der Waals surface area (Å²) in [6.07, 6.45) is 14.5. The Hall–Kier alpha value is -2.53. The molecule has 3 aliphatic rings. The molecule has 0 spiro atoms. The summed E-state index contributed by atoms with van der Waals surface area (Å²) in [5, 5.41) is 12.8. The van der Waals surface area contributed by atoms with Crippen LogP contribution in [0.1, 0.15) is 81.0 Å². The molecule has 5 nitrogen and oxygen atoms in total. The fraction of sp³-hybridized carbons (Fsp3) is 0.552. The Morgan fingerprint density at radius 1 is 0.765 bits per heavy atom. The second-order valence-electron chi connectivity index (χ2n) is 10.0. The summed E-state index contributed by atoms with van der Waals surface area (Å²) in [4.78, 5) is 15.7. The summed E-state index contributed by atoms with van der Waals surface area (Å²) in [6, 6.07) is 14.2. The minimum Gasteiger partial charge on any atom is -0.508 e. The summed E-state index contributed by atoms with van der Waals surface area (Å²) in [7, 11) is 0. The zero-order chi connectivity index (χ0) is 23.6. The van der Waals surface area contributed by atoms with E-state index in [1.54, 1.807) is 24.3 Å². The fourth-order valence-corrected chi connectivity index (χ4v) is 5.34. The molecule has 3 aliphatic heterocycles. The van der Waals surface area contributed by atoms with Gasteiger partial charge in [0.2, 0.25) is 0 Å². The van der Waals surface area contributed by atoms with Crippen molar-refractivity contribution in [1.82, 2.24) is 10.2 Å². The molecule has 34 heavy (non-hydrogen) atoms. The van der Waals surface area contributed by atoms with Crippen LogP contribution in [0.3, 0.4) is 0 Å². The van der Waals surface area contributed by atoms with Gasteiger partial charge in [-0.2, -0.15) is 0 Å². The van der Waals surface area contributed by atoms with E-state index in [1.807, 2.05) is 24.3 Å². The molecule has 0 aromatic heterocycles. The quantitative estimate of drug-likeness (QED) is 0.541. The van der Waals surface area contributed by atoms with Crippen LogP contribution in [0.15, 0.2) is 48.5 Å². The Bertz CT molecular complexity index is 877. The molecular formula is C29H40N2O3. The third-order valence-electron chi connectivity index (χ3n) is 7.39. The van der Waals surface area contributed by atoms with Crippen molar-refractivity contribution in [3.05, 3.63) is 54.1 Å². The highest BCUT2D eigenvalue weighted by Crippen LogP contribution is 2.27. The van der Waals surface area contributed by atoms with Crippen LogP contribution in [0.5, 0.6) is 17.2 Å². The lowest BCUT2D eigenvalue weighted by Gasteiger charge is -2.39. The molecule has 0 aliphatic carbocycles. The third kappa shape index (κ3) is 7.49.